The zero-order chi connectivity index (χ0) is 13.4. The first-order chi connectivity index (χ1) is 9.15. The van der Waals surface area contributed by atoms with Crippen LogP contribution in [-0.2, 0) is 4.79 Å². The van der Waals surface area contributed by atoms with Gasteiger partial charge in [-0.3, -0.25) is 9.69 Å². The minimum Gasteiger partial charge on any atom is -0.340 e. The fourth-order valence-electron chi connectivity index (χ4n) is 4.23. The van der Waals surface area contributed by atoms with E-state index in [9.17, 15) is 4.79 Å². The number of fused-ring (bicyclic) bond motifs is 1. The zero-order valence-electron chi connectivity index (χ0n) is 12.1. The standard InChI is InChI=1S/C15H27N3O/c1-11-9-12(16)4-5-14(11)15(19)18-8-7-17-6-2-3-13(17)10-18/h11-14H,2-10,16H2,1H3. The number of carbonyl (C=O) groups is 1. The van der Waals surface area contributed by atoms with Gasteiger partial charge in [0.25, 0.3) is 0 Å². The van der Waals surface area contributed by atoms with E-state index in [0.717, 1.165) is 38.9 Å². The zero-order valence-corrected chi connectivity index (χ0v) is 12.1. The van der Waals surface area contributed by atoms with E-state index in [1.165, 1.54) is 19.4 Å². The number of carbonyl (C=O) groups excluding carboxylic acids is 1. The van der Waals surface area contributed by atoms with Gasteiger partial charge in [0.15, 0.2) is 0 Å². The smallest absolute Gasteiger partial charge is 0.226 e. The van der Waals surface area contributed by atoms with Crippen LogP contribution in [0.25, 0.3) is 0 Å². The number of piperazine rings is 1. The molecule has 2 aliphatic heterocycles. The number of nitrogens with two attached hydrogens (primary N) is 1. The molecule has 0 aromatic rings. The minimum atomic E-state index is 0.229. The molecule has 2 heterocycles. The van der Waals surface area contributed by atoms with Crippen LogP contribution in [0.5, 0.6) is 0 Å². The average Bonchev–Trinajstić information content (AvgIpc) is 2.85. The van der Waals surface area contributed by atoms with E-state index >= 15 is 0 Å². The number of nitrogens with zero attached hydrogens (tertiary/aromatic N) is 2. The van der Waals surface area contributed by atoms with E-state index in [1.807, 2.05) is 0 Å². The molecule has 1 aliphatic carbocycles. The van der Waals surface area contributed by atoms with Crippen LogP contribution in [0.15, 0.2) is 0 Å². The number of rotatable bonds is 1. The predicted octanol–water partition coefficient (Wildman–Crippen LogP) is 1.06. The van der Waals surface area contributed by atoms with Gasteiger partial charge in [0, 0.05) is 37.6 Å². The molecule has 3 fully saturated rings. The molecule has 0 aromatic heterocycles. The quantitative estimate of drug-likeness (QED) is 0.771. The van der Waals surface area contributed by atoms with Crippen LogP contribution in [0.1, 0.15) is 39.0 Å². The van der Waals surface area contributed by atoms with Gasteiger partial charge in [-0.1, -0.05) is 6.92 Å². The molecule has 0 bridgehead atoms. The molecule has 4 nitrogen and oxygen atoms in total. The second-order valence-corrected chi connectivity index (χ2v) is 6.77. The van der Waals surface area contributed by atoms with Crippen molar-refractivity contribution >= 4 is 5.91 Å². The Morgan fingerprint density at radius 2 is 2.00 bits per heavy atom. The SMILES string of the molecule is CC1CC(N)CCC1C(=O)N1CCN2CCCC2C1. The Balaban J connectivity index is 1.61. The molecule has 3 rings (SSSR count). The second-order valence-electron chi connectivity index (χ2n) is 6.77. The lowest BCUT2D eigenvalue weighted by molar-refractivity contribution is -0.141. The van der Waals surface area contributed by atoms with Crippen molar-refractivity contribution in [1.29, 1.82) is 0 Å². The molecule has 4 heteroatoms. The Bertz CT molecular complexity index is 346. The van der Waals surface area contributed by atoms with E-state index in [-0.39, 0.29) is 5.92 Å². The van der Waals surface area contributed by atoms with Crippen molar-refractivity contribution in [2.24, 2.45) is 17.6 Å². The van der Waals surface area contributed by atoms with Gasteiger partial charge < -0.3 is 10.6 Å². The molecule has 3 aliphatic rings. The van der Waals surface area contributed by atoms with Crippen molar-refractivity contribution in [2.45, 2.75) is 51.1 Å². The number of hydrogen-bond acceptors (Lipinski definition) is 3. The van der Waals surface area contributed by atoms with Gasteiger partial charge in [0.1, 0.15) is 0 Å². The van der Waals surface area contributed by atoms with Crippen molar-refractivity contribution in [1.82, 2.24) is 9.80 Å². The Kier molecular flexibility index (Phi) is 3.81. The van der Waals surface area contributed by atoms with Crippen molar-refractivity contribution in [3.63, 3.8) is 0 Å². The summed E-state index contributed by atoms with van der Waals surface area (Å²) in [6, 6.07) is 0.949. The molecular weight excluding hydrogens is 238 g/mol. The van der Waals surface area contributed by atoms with Gasteiger partial charge in [-0.25, -0.2) is 0 Å². The van der Waals surface area contributed by atoms with Gasteiger partial charge in [0.2, 0.25) is 5.91 Å². The highest BCUT2D eigenvalue weighted by molar-refractivity contribution is 5.79. The summed E-state index contributed by atoms with van der Waals surface area (Å²) >= 11 is 0. The summed E-state index contributed by atoms with van der Waals surface area (Å²) in [5.74, 6) is 1.09. The molecule has 1 amide bonds. The lowest BCUT2D eigenvalue weighted by Gasteiger charge is -2.41. The topological polar surface area (TPSA) is 49.6 Å². The summed E-state index contributed by atoms with van der Waals surface area (Å²) in [5.41, 5.74) is 6.00. The van der Waals surface area contributed by atoms with E-state index in [1.54, 1.807) is 0 Å². The predicted molar refractivity (Wildman–Crippen MR) is 75.7 cm³/mol. The van der Waals surface area contributed by atoms with Crippen molar-refractivity contribution < 1.29 is 4.79 Å². The summed E-state index contributed by atoms with van der Waals surface area (Å²) < 4.78 is 0. The maximum atomic E-state index is 12.7. The molecule has 4 atom stereocenters. The first kappa shape index (κ1) is 13.4. The van der Waals surface area contributed by atoms with Crippen LogP contribution in [-0.4, -0.2) is 54.0 Å². The van der Waals surface area contributed by atoms with Gasteiger partial charge in [-0.05, 0) is 44.6 Å². The van der Waals surface area contributed by atoms with E-state index in [2.05, 4.69) is 16.7 Å². The van der Waals surface area contributed by atoms with E-state index in [0.29, 0.717) is 23.9 Å². The van der Waals surface area contributed by atoms with Gasteiger partial charge in [-0.2, -0.15) is 0 Å². The molecule has 2 saturated heterocycles. The highest BCUT2D eigenvalue weighted by Crippen LogP contribution is 2.32. The van der Waals surface area contributed by atoms with Crippen molar-refractivity contribution in [3.05, 3.63) is 0 Å². The van der Waals surface area contributed by atoms with Gasteiger partial charge in [-0.15, -0.1) is 0 Å². The van der Waals surface area contributed by atoms with Gasteiger partial charge >= 0.3 is 0 Å². The fraction of sp³-hybridized carbons (Fsp3) is 0.933. The van der Waals surface area contributed by atoms with Crippen LogP contribution < -0.4 is 5.73 Å². The van der Waals surface area contributed by atoms with Crippen LogP contribution >= 0.6 is 0 Å². The Hall–Kier alpha value is -0.610. The molecule has 108 valence electrons. The van der Waals surface area contributed by atoms with Crippen molar-refractivity contribution in [2.75, 3.05) is 26.2 Å². The monoisotopic (exact) mass is 265 g/mol. The molecule has 0 aromatic carbocycles. The summed E-state index contributed by atoms with van der Waals surface area (Å²) in [5, 5.41) is 0. The minimum absolute atomic E-state index is 0.229. The Morgan fingerprint density at radius 3 is 2.79 bits per heavy atom. The second kappa shape index (κ2) is 5.41. The first-order valence-electron chi connectivity index (χ1n) is 7.93. The lowest BCUT2D eigenvalue weighted by Crippen LogP contribution is -2.54. The third-order valence-corrected chi connectivity index (χ3v) is 5.43. The largest absolute Gasteiger partial charge is 0.340 e. The maximum Gasteiger partial charge on any atom is 0.226 e. The van der Waals surface area contributed by atoms with E-state index < -0.39 is 0 Å². The molecule has 2 N–H and O–H groups in total. The van der Waals surface area contributed by atoms with Crippen molar-refractivity contribution in [3.8, 4) is 0 Å². The van der Waals surface area contributed by atoms with Gasteiger partial charge in [0.05, 0.1) is 0 Å². The molecule has 4 unspecified atom stereocenters. The highest BCUT2D eigenvalue weighted by Gasteiger charge is 2.37. The molecule has 0 spiro atoms. The Labute approximate surface area is 116 Å². The summed E-state index contributed by atoms with van der Waals surface area (Å²) in [6.07, 6.45) is 5.60. The maximum absolute atomic E-state index is 12.7. The molecule has 1 saturated carbocycles. The number of hydrogen-bond donors (Lipinski definition) is 1. The van der Waals surface area contributed by atoms with E-state index in [4.69, 9.17) is 5.73 Å². The molecule has 19 heavy (non-hydrogen) atoms. The average molecular weight is 265 g/mol. The Morgan fingerprint density at radius 1 is 1.16 bits per heavy atom. The molecular formula is C15H27N3O. The van der Waals surface area contributed by atoms with Crippen LogP contribution in [0, 0.1) is 11.8 Å². The van der Waals surface area contributed by atoms with Crippen LogP contribution in [0.3, 0.4) is 0 Å². The fourth-order valence-corrected chi connectivity index (χ4v) is 4.23. The third-order valence-electron chi connectivity index (χ3n) is 5.43. The summed E-state index contributed by atoms with van der Waals surface area (Å²) in [6.45, 7) is 6.42. The lowest BCUT2D eigenvalue weighted by atomic mass is 9.77. The summed E-state index contributed by atoms with van der Waals surface area (Å²) in [7, 11) is 0. The normalized spacial score (nSPS) is 40.2. The third kappa shape index (κ3) is 2.65. The highest BCUT2D eigenvalue weighted by atomic mass is 16.2. The first-order valence-corrected chi connectivity index (χ1v) is 7.93. The number of amides is 1. The van der Waals surface area contributed by atoms with Crippen LogP contribution in [0.4, 0.5) is 0 Å². The van der Waals surface area contributed by atoms with Crippen LogP contribution in [0.2, 0.25) is 0 Å². The molecule has 0 radical (unpaired) electrons. The summed E-state index contributed by atoms with van der Waals surface area (Å²) in [4.78, 5) is 17.4.